The van der Waals surface area contributed by atoms with Gasteiger partial charge in [0, 0.05) is 16.6 Å². The minimum atomic E-state index is 0.504. The fourth-order valence-electron chi connectivity index (χ4n) is 1.67. The Morgan fingerprint density at radius 2 is 2.20 bits per heavy atom. The smallest absolute Gasteiger partial charge is 0.219 e. The Hall–Kier alpha value is -1.39. The number of fused-ring (bicyclic) bond motifs is 3. The first-order valence-electron chi connectivity index (χ1n) is 4.41. The molecule has 0 radical (unpaired) electrons. The molecule has 0 amide bonds. The summed E-state index contributed by atoms with van der Waals surface area (Å²) in [4.78, 5) is 4.30. The van der Waals surface area contributed by atoms with Crippen LogP contribution in [-0.4, -0.2) is 14.6 Å². The van der Waals surface area contributed by atoms with Gasteiger partial charge in [-0.3, -0.25) is 5.10 Å². The molecule has 0 aliphatic rings. The molecule has 74 valence electrons. The van der Waals surface area contributed by atoms with Crippen LogP contribution in [0.3, 0.4) is 0 Å². The van der Waals surface area contributed by atoms with Crippen LogP contribution in [0.4, 0.5) is 0 Å². The maximum atomic E-state index is 5.91. The van der Waals surface area contributed by atoms with Crippen LogP contribution in [0.25, 0.3) is 16.4 Å². The molecule has 2 aromatic heterocycles. The Labute approximate surface area is 95.3 Å². The summed E-state index contributed by atoms with van der Waals surface area (Å²) in [6.07, 6.45) is 1.83. The summed E-state index contributed by atoms with van der Waals surface area (Å²) in [6.45, 7) is 0. The van der Waals surface area contributed by atoms with Crippen molar-refractivity contribution in [2.45, 2.75) is 0 Å². The van der Waals surface area contributed by atoms with E-state index in [1.54, 1.807) is 4.52 Å². The minimum absolute atomic E-state index is 0.504. The summed E-state index contributed by atoms with van der Waals surface area (Å²) in [7, 11) is 0. The van der Waals surface area contributed by atoms with Crippen molar-refractivity contribution >= 4 is 40.2 Å². The molecule has 0 aliphatic heterocycles. The lowest BCUT2D eigenvalue weighted by atomic mass is 10.2. The Bertz CT molecular complexity index is 713. The fourth-order valence-corrected chi connectivity index (χ4v) is 2.09. The molecule has 0 unspecified atom stereocenters. The molecular weight excluding hydrogens is 230 g/mol. The standard InChI is InChI=1S/C10H6ClN3S/c11-6-1-2-7-8(5-6)13-10(15)14-9(7)3-4-12-14/h1-5,12H. The number of rotatable bonds is 0. The molecule has 1 N–H and O–H groups in total. The molecule has 0 bridgehead atoms. The zero-order valence-corrected chi connectivity index (χ0v) is 9.14. The van der Waals surface area contributed by atoms with Crippen molar-refractivity contribution in [3.63, 3.8) is 0 Å². The van der Waals surface area contributed by atoms with E-state index in [1.165, 1.54) is 0 Å². The Kier molecular flexibility index (Phi) is 1.81. The lowest BCUT2D eigenvalue weighted by Gasteiger charge is -2.00. The molecule has 0 saturated heterocycles. The van der Waals surface area contributed by atoms with E-state index in [0.717, 1.165) is 16.4 Å². The zero-order chi connectivity index (χ0) is 10.4. The van der Waals surface area contributed by atoms with Crippen LogP contribution in [0.1, 0.15) is 0 Å². The molecule has 2 heterocycles. The number of nitrogens with zero attached hydrogens (tertiary/aromatic N) is 2. The van der Waals surface area contributed by atoms with Gasteiger partial charge in [0.2, 0.25) is 4.77 Å². The number of hydrogen-bond donors (Lipinski definition) is 1. The van der Waals surface area contributed by atoms with Crippen LogP contribution in [0.2, 0.25) is 5.02 Å². The average molecular weight is 236 g/mol. The lowest BCUT2D eigenvalue weighted by molar-refractivity contribution is 0.915. The number of benzene rings is 1. The molecule has 3 aromatic rings. The number of aromatic amines is 1. The van der Waals surface area contributed by atoms with Crippen molar-refractivity contribution in [1.82, 2.24) is 14.6 Å². The van der Waals surface area contributed by atoms with E-state index in [0.29, 0.717) is 9.79 Å². The molecular formula is C10H6ClN3S. The van der Waals surface area contributed by atoms with Crippen molar-refractivity contribution in [3.8, 4) is 0 Å². The highest BCUT2D eigenvalue weighted by atomic mass is 35.5. The highest BCUT2D eigenvalue weighted by molar-refractivity contribution is 7.71. The summed E-state index contributed by atoms with van der Waals surface area (Å²) in [5, 5.41) is 4.72. The van der Waals surface area contributed by atoms with Crippen LogP contribution in [0.5, 0.6) is 0 Å². The predicted octanol–water partition coefficient (Wildman–Crippen LogP) is 3.20. The molecule has 0 atom stereocenters. The number of hydrogen-bond acceptors (Lipinski definition) is 2. The third kappa shape index (κ3) is 1.26. The topological polar surface area (TPSA) is 33.1 Å². The molecule has 0 fully saturated rings. The maximum absolute atomic E-state index is 5.91. The summed E-state index contributed by atoms with van der Waals surface area (Å²) >= 11 is 11.1. The molecule has 0 aliphatic carbocycles. The van der Waals surface area contributed by atoms with Crippen molar-refractivity contribution in [3.05, 3.63) is 40.3 Å². The normalized spacial score (nSPS) is 11.3. The van der Waals surface area contributed by atoms with Gasteiger partial charge in [-0.15, -0.1) is 0 Å². The predicted molar refractivity (Wildman–Crippen MR) is 62.9 cm³/mol. The van der Waals surface area contributed by atoms with E-state index in [-0.39, 0.29) is 0 Å². The van der Waals surface area contributed by atoms with Crippen molar-refractivity contribution in [1.29, 1.82) is 0 Å². The highest BCUT2D eigenvalue weighted by Crippen LogP contribution is 2.21. The molecule has 1 aromatic carbocycles. The van der Waals surface area contributed by atoms with E-state index in [1.807, 2.05) is 30.5 Å². The van der Waals surface area contributed by atoms with Gasteiger partial charge in [-0.25, -0.2) is 9.50 Å². The van der Waals surface area contributed by atoms with E-state index in [9.17, 15) is 0 Å². The summed E-state index contributed by atoms with van der Waals surface area (Å²) in [5.41, 5.74) is 1.84. The van der Waals surface area contributed by atoms with E-state index in [4.69, 9.17) is 23.8 Å². The van der Waals surface area contributed by atoms with Gasteiger partial charge in [-0.05, 0) is 36.5 Å². The van der Waals surface area contributed by atoms with Gasteiger partial charge >= 0.3 is 0 Å². The monoisotopic (exact) mass is 235 g/mol. The van der Waals surface area contributed by atoms with Gasteiger partial charge < -0.3 is 0 Å². The third-order valence-electron chi connectivity index (χ3n) is 2.33. The van der Waals surface area contributed by atoms with Crippen LogP contribution >= 0.6 is 23.8 Å². The minimum Gasteiger partial charge on any atom is -0.299 e. The van der Waals surface area contributed by atoms with Gasteiger partial charge in [0.15, 0.2) is 0 Å². The highest BCUT2D eigenvalue weighted by Gasteiger charge is 2.03. The Morgan fingerprint density at radius 1 is 1.33 bits per heavy atom. The summed E-state index contributed by atoms with van der Waals surface area (Å²) in [6, 6.07) is 7.58. The van der Waals surface area contributed by atoms with Gasteiger partial charge in [0.25, 0.3) is 0 Å². The quantitative estimate of drug-likeness (QED) is 0.607. The fraction of sp³-hybridized carbons (Fsp3) is 0. The molecule has 5 heteroatoms. The second kappa shape index (κ2) is 3.05. The molecule has 15 heavy (non-hydrogen) atoms. The SMILES string of the molecule is S=c1nc2cc(Cl)ccc2c2cc[nH]n12. The second-order valence-electron chi connectivity index (χ2n) is 3.24. The Balaban J connectivity index is 2.66. The van der Waals surface area contributed by atoms with Gasteiger partial charge in [-0.2, -0.15) is 0 Å². The maximum Gasteiger partial charge on any atom is 0.219 e. The first-order valence-corrected chi connectivity index (χ1v) is 5.20. The van der Waals surface area contributed by atoms with Crippen molar-refractivity contribution in [2.24, 2.45) is 0 Å². The molecule has 0 saturated carbocycles. The lowest BCUT2D eigenvalue weighted by Crippen LogP contribution is -1.93. The number of halogens is 1. The van der Waals surface area contributed by atoms with Crippen molar-refractivity contribution < 1.29 is 0 Å². The van der Waals surface area contributed by atoms with Crippen molar-refractivity contribution in [2.75, 3.05) is 0 Å². The Morgan fingerprint density at radius 3 is 3.07 bits per heavy atom. The van der Waals surface area contributed by atoms with Crippen LogP contribution in [-0.2, 0) is 0 Å². The van der Waals surface area contributed by atoms with Crippen LogP contribution in [0, 0.1) is 4.77 Å². The number of nitrogens with one attached hydrogen (secondary N) is 1. The van der Waals surface area contributed by atoms with E-state index < -0.39 is 0 Å². The largest absolute Gasteiger partial charge is 0.299 e. The van der Waals surface area contributed by atoms with E-state index >= 15 is 0 Å². The van der Waals surface area contributed by atoms with Gasteiger partial charge in [0.1, 0.15) is 0 Å². The van der Waals surface area contributed by atoms with Gasteiger partial charge in [-0.1, -0.05) is 11.6 Å². The zero-order valence-electron chi connectivity index (χ0n) is 7.57. The average Bonchev–Trinajstić information content (AvgIpc) is 2.66. The van der Waals surface area contributed by atoms with Gasteiger partial charge in [0.05, 0.1) is 11.0 Å². The number of aromatic nitrogens is 3. The van der Waals surface area contributed by atoms with E-state index in [2.05, 4.69) is 10.1 Å². The molecule has 3 rings (SSSR count). The molecule has 0 spiro atoms. The number of H-pyrrole nitrogens is 1. The molecule has 3 nitrogen and oxygen atoms in total. The summed E-state index contributed by atoms with van der Waals surface area (Å²) in [5.74, 6) is 0. The first kappa shape index (κ1) is 8.88. The first-order chi connectivity index (χ1) is 7.25. The van der Waals surface area contributed by atoms with Crippen LogP contribution < -0.4 is 0 Å². The summed E-state index contributed by atoms with van der Waals surface area (Å²) < 4.78 is 2.27. The van der Waals surface area contributed by atoms with Crippen LogP contribution in [0.15, 0.2) is 30.5 Å². The second-order valence-corrected chi connectivity index (χ2v) is 4.04. The third-order valence-corrected chi connectivity index (χ3v) is 2.84.